The third-order valence-corrected chi connectivity index (χ3v) is 5.74. The summed E-state index contributed by atoms with van der Waals surface area (Å²) in [6.45, 7) is 9.88. The first-order valence-corrected chi connectivity index (χ1v) is 10.8. The molecule has 4 rings (SSSR count). The minimum Gasteiger partial charge on any atom is -0.303 e. The quantitative estimate of drug-likeness (QED) is 0.644. The number of carbonyl (C=O) groups is 1. The van der Waals surface area contributed by atoms with Gasteiger partial charge in [0.25, 0.3) is 0 Å². The van der Waals surface area contributed by atoms with Gasteiger partial charge in [-0.3, -0.25) is 9.48 Å². The molecule has 0 bridgehead atoms. The molecule has 0 N–H and O–H groups in total. The Labute approximate surface area is 178 Å². The highest BCUT2D eigenvalue weighted by atomic mass is 16.1. The highest BCUT2D eigenvalue weighted by Crippen LogP contribution is 2.25. The lowest BCUT2D eigenvalue weighted by atomic mass is 9.88. The first-order valence-electron chi connectivity index (χ1n) is 10.8. The number of Topliss-reactive ketones (excluding diaryl/α,β-unsaturated/α-hetero) is 1. The molecular formula is C24H31N5O. The molecule has 0 atom stereocenters. The normalized spacial score (nSPS) is 16.3. The molecule has 6 heteroatoms. The van der Waals surface area contributed by atoms with Gasteiger partial charge in [0.05, 0.1) is 18.1 Å². The largest absolute Gasteiger partial charge is 0.303 e. The Morgan fingerprint density at radius 1 is 1.13 bits per heavy atom. The Balaban J connectivity index is 1.43. The van der Waals surface area contributed by atoms with Crippen LogP contribution in [-0.4, -0.2) is 50.1 Å². The number of ketones is 1. The van der Waals surface area contributed by atoms with Crippen molar-refractivity contribution in [2.24, 2.45) is 18.4 Å². The molecule has 0 radical (unpaired) electrons. The minimum absolute atomic E-state index is 0.127. The van der Waals surface area contributed by atoms with Crippen molar-refractivity contribution in [3.05, 3.63) is 42.6 Å². The van der Waals surface area contributed by atoms with E-state index in [9.17, 15) is 4.79 Å². The molecule has 0 unspecified atom stereocenters. The van der Waals surface area contributed by atoms with Crippen LogP contribution >= 0.6 is 0 Å². The maximum atomic E-state index is 12.9. The Morgan fingerprint density at radius 3 is 2.57 bits per heavy atom. The van der Waals surface area contributed by atoms with Crippen LogP contribution in [0.2, 0.25) is 0 Å². The average Bonchev–Trinajstić information content (AvgIpc) is 3.13. The van der Waals surface area contributed by atoms with Crippen LogP contribution in [0.25, 0.3) is 22.0 Å². The minimum atomic E-state index is 0.127. The summed E-state index contributed by atoms with van der Waals surface area (Å²) in [6, 6.07) is 6.13. The average molecular weight is 406 g/mol. The maximum absolute atomic E-state index is 12.9. The second-order valence-electron chi connectivity index (χ2n) is 9.72. The van der Waals surface area contributed by atoms with Gasteiger partial charge in [0.15, 0.2) is 0 Å². The molecule has 30 heavy (non-hydrogen) atoms. The number of aromatic nitrogens is 4. The molecule has 1 aromatic carbocycles. The van der Waals surface area contributed by atoms with Crippen LogP contribution in [0.3, 0.4) is 0 Å². The summed E-state index contributed by atoms with van der Waals surface area (Å²) in [4.78, 5) is 24.5. The first-order chi connectivity index (χ1) is 14.3. The van der Waals surface area contributed by atoms with Gasteiger partial charge < -0.3 is 4.90 Å². The van der Waals surface area contributed by atoms with E-state index in [2.05, 4.69) is 41.8 Å². The topological polar surface area (TPSA) is 63.9 Å². The van der Waals surface area contributed by atoms with Crippen molar-refractivity contribution in [1.82, 2.24) is 24.6 Å². The van der Waals surface area contributed by atoms with Crippen molar-refractivity contribution in [3.63, 3.8) is 0 Å². The summed E-state index contributed by atoms with van der Waals surface area (Å²) >= 11 is 0. The Hall–Kier alpha value is -2.60. The molecule has 2 aromatic heterocycles. The predicted molar refractivity (Wildman–Crippen MR) is 119 cm³/mol. The third kappa shape index (κ3) is 4.93. The van der Waals surface area contributed by atoms with Gasteiger partial charge in [-0.1, -0.05) is 32.9 Å². The number of aryl methyl sites for hydroxylation is 1. The summed E-state index contributed by atoms with van der Waals surface area (Å²) in [6.07, 6.45) is 7.85. The van der Waals surface area contributed by atoms with Gasteiger partial charge in [-0.25, -0.2) is 9.97 Å². The van der Waals surface area contributed by atoms with E-state index in [1.165, 1.54) is 0 Å². The zero-order chi connectivity index (χ0) is 21.3. The molecule has 1 fully saturated rings. The van der Waals surface area contributed by atoms with Gasteiger partial charge in [0.2, 0.25) is 0 Å². The standard InChI is InChI=1S/C24H31N5O/c1-24(2,3)16-29-9-7-17(8-10-29)22(30)12-23-25-13-19-6-5-18(11-21(19)27-23)20-14-26-28(4)15-20/h5-6,11,13-15,17H,7-10,12,16H2,1-4H3. The van der Waals surface area contributed by atoms with Crippen LogP contribution in [0, 0.1) is 11.3 Å². The van der Waals surface area contributed by atoms with Crippen LogP contribution in [-0.2, 0) is 18.3 Å². The van der Waals surface area contributed by atoms with Crippen LogP contribution in [0.1, 0.15) is 39.4 Å². The molecule has 0 spiro atoms. The fraction of sp³-hybridized carbons (Fsp3) is 0.500. The Kier molecular flexibility index (Phi) is 5.69. The number of fused-ring (bicyclic) bond motifs is 1. The Bertz CT molecular complexity index is 1040. The van der Waals surface area contributed by atoms with E-state index in [-0.39, 0.29) is 11.7 Å². The summed E-state index contributed by atoms with van der Waals surface area (Å²) in [5.74, 6) is 1.02. The lowest BCUT2D eigenvalue weighted by Gasteiger charge is -2.35. The molecule has 0 saturated carbocycles. The van der Waals surface area contributed by atoms with Gasteiger partial charge >= 0.3 is 0 Å². The van der Waals surface area contributed by atoms with Crippen molar-refractivity contribution in [2.45, 2.75) is 40.0 Å². The highest BCUT2D eigenvalue weighted by molar-refractivity contribution is 5.85. The summed E-state index contributed by atoms with van der Waals surface area (Å²) in [7, 11) is 1.91. The molecule has 158 valence electrons. The van der Waals surface area contributed by atoms with Crippen molar-refractivity contribution in [1.29, 1.82) is 0 Å². The maximum Gasteiger partial charge on any atom is 0.143 e. The van der Waals surface area contributed by atoms with Crippen molar-refractivity contribution >= 4 is 16.7 Å². The van der Waals surface area contributed by atoms with Gasteiger partial charge in [0.1, 0.15) is 11.6 Å². The molecule has 1 aliphatic rings. The monoisotopic (exact) mass is 405 g/mol. The second-order valence-corrected chi connectivity index (χ2v) is 9.72. The van der Waals surface area contributed by atoms with E-state index in [1.54, 1.807) is 4.68 Å². The van der Waals surface area contributed by atoms with Gasteiger partial charge in [-0.05, 0) is 43.0 Å². The number of rotatable bonds is 5. The lowest BCUT2D eigenvalue weighted by Crippen LogP contribution is -2.41. The lowest BCUT2D eigenvalue weighted by molar-refractivity contribution is -0.123. The molecule has 3 aromatic rings. The summed E-state index contributed by atoms with van der Waals surface area (Å²) in [5.41, 5.74) is 3.29. The zero-order valence-corrected chi connectivity index (χ0v) is 18.4. The number of carbonyl (C=O) groups excluding carboxylic acids is 1. The number of likely N-dealkylation sites (tertiary alicyclic amines) is 1. The van der Waals surface area contributed by atoms with Crippen molar-refractivity contribution in [3.8, 4) is 11.1 Å². The molecule has 6 nitrogen and oxygen atoms in total. The van der Waals surface area contributed by atoms with Crippen LogP contribution < -0.4 is 0 Å². The van der Waals surface area contributed by atoms with Crippen molar-refractivity contribution in [2.75, 3.05) is 19.6 Å². The van der Waals surface area contributed by atoms with E-state index in [0.717, 1.165) is 54.5 Å². The SMILES string of the molecule is Cn1cc(-c2ccc3cnc(CC(=O)C4CCN(CC(C)(C)C)CC4)nc3c2)cn1. The smallest absolute Gasteiger partial charge is 0.143 e. The molecule has 0 amide bonds. The van der Waals surface area contributed by atoms with E-state index in [1.807, 2.05) is 37.8 Å². The third-order valence-electron chi connectivity index (χ3n) is 5.74. The van der Waals surface area contributed by atoms with Gasteiger partial charge in [-0.15, -0.1) is 0 Å². The van der Waals surface area contributed by atoms with Crippen LogP contribution in [0.15, 0.2) is 36.8 Å². The fourth-order valence-electron chi connectivity index (χ4n) is 4.28. The Morgan fingerprint density at radius 2 is 1.90 bits per heavy atom. The van der Waals surface area contributed by atoms with E-state index >= 15 is 0 Å². The van der Waals surface area contributed by atoms with E-state index in [0.29, 0.717) is 17.7 Å². The van der Waals surface area contributed by atoms with Crippen molar-refractivity contribution < 1.29 is 4.79 Å². The molecular weight excluding hydrogens is 374 g/mol. The summed E-state index contributed by atoms with van der Waals surface area (Å²) in [5, 5.41) is 5.22. The van der Waals surface area contributed by atoms with Crippen LogP contribution in [0.4, 0.5) is 0 Å². The fourth-order valence-corrected chi connectivity index (χ4v) is 4.28. The molecule has 1 aliphatic heterocycles. The highest BCUT2D eigenvalue weighted by Gasteiger charge is 2.27. The molecule has 1 saturated heterocycles. The van der Waals surface area contributed by atoms with E-state index < -0.39 is 0 Å². The number of benzene rings is 1. The predicted octanol–water partition coefficient (Wildman–Crippen LogP) is 3.90. The first kappa shape index (κ1) is 20.7. The van der Waals surface area contributed by atoms with E-state index in [4.69, 9.17) is 4.98 Å². The number of hydrogen-bond acceptors (Lipinski definition) is 5. The van der Waals surface area contributed by atoms with Gasteiger partial charge in [-0.2, -0.15) is 5.10 Å². The number of nitrogens with zero attached hydrogens (tertiary/aromatic N) is 5. The number of hydrogen-bond donors (Lipinski definition) is 0. The van der Waals surface area contributed by atoms with Gasteiger partial charge in [0, 0.05) is 42.9 Å². The second kappa shape index (κ2) is 8.26. The van der Waals surface area contributed by atoms with Crippen LogP contribution in [0.5, 0.6) is 0 Å². The molecule has 3 heterocycles. The number of piperidine rings is 1. The zero-order valence-electron chi connectivity index (χ0n) is 18.4. The molecule has 0 aliphatic carbocycles. The summed E-state index contributed by atoms with van der Waals surface area (Å²) < 4.78 is 1.79.